The van der Waals surface area contributed by atoms with E-state index in [1.54, 1.807) is 6.92 Å². The van der Waals surface area contributed by atoms with Crippen LogP contribution in [0.3, 0.4) is 0 Å². The van der Waals surface area contributed by atoms with E-state index in [2.05, 4.69) is 5.32 Å². The Morgan fingerprint density at radius 3 is 2.57 bits per heavy atom. The number of benzene rings is 2. The molecule has 8 nitrogen and oxygen atoms in total. The number of anilines is 1. The summed E-state index contributed by atoms with van der Waals surface area (Å²) in [4.78, 5) is 23.9. The molecule has 0 spiro atoms. The summed E-state index contributed by atoms with van der Waals surface area (Å²) in [5.41, 5.74) is 0.649. The molecule has 0 fully saturated rings. The molecule has 9 heteroatoms. The normalized spacial score (nSPS) is 10.7. The molecular formula is C21H19ClN2O6. The summed E-state index contributed by atoms with van der Waals surface area (Å²) in [6.07, 6.45) is 1.33. The Morgan fingerprint density at radius 2 is 1.97 bits per heavy atom. The van der Waals surface area contributed by atoms with E-state index in [9.17, 15) is 20.0 Å². The van der Waals surface area contributed by atoms with E-state index in [1.807, 2.05) is 6.07 Å². The molecule has 0 atom stereocenters. The smallest absolute Gasteiger partial charge is 0.344 e. The second-order valence-electron chi connectivity index (χ2n) is 5.80. The van der Waals surface area contributed by atoms with Crippen LogP contribution in [0.2, 0.25) is 5.02 Å². The van der Waals surface area contributed by atoms with E-state index in [-0.39, 0.29) is 41.1 Å². The molecule has 0 radical (unpaired) electrons. The summed E-state index contributed by atoms with van der Waals surface area (Å²) in [6, 6.07) is 10.6. The van der Waals surface area contributed by atoms with Crippen LogP contribution in [-0.4, -0.2) is 37.3 Å². The third-order valence-corrected chi connectivity index (χ3v) is 3.97. The highest BCUT2D eigenvalue weighted by molar-refractivity contribution is 6.32. The van der Waals surface area contributed by atoms with Gasteiger partial charge in [-0.25, -0.2) is 4.79 Å². The first kappa shape index (κ1) is 22.6. The third-order valence-electron chi connectivity index (χ3n) is 3.69. The largest absolute Gasteiger partial charge is 0.508 e. The van der Waals surface area contributed by atoms with Gasteiger partial charge in [0.2, 0.25) is 0 Å². The van der Waals surface area contributed by atoms with Gasteiger partial charge in [-0.15, -0.1) is 0 Å². The number of phenols is 1. The lowest BCUT2D eigenvalue weighted by Crippen LogP contribution is -2.15. The Labute approximate surface area is 178 Å². The van der Waals surface area contributed by atoms with Crippen LogP contribution >= 0.6 is 11.6 Å². The molecule has 156 valence electrons. The van der Waals surface area contributed by atoms with E-state index < -0.39 is 11.9 Å². The van der Waals surface area contributed by atoms with Gasteiger partial charge in [0.15, 0.2) is 18.1 Å². The van der Waals surface area contributed by atoms with E-state index in [0.29, 0.717) is 11.3 Å². The number of halogens is 1. The zero-order valence-electron chi connectivity index (χ0n) is 16.3. The number of aromatic hydroxyl groups is 1. The molecule has 1 amide bonds. The number of esters is 1. The van der Waals surface area contributed by atoms with Gasteiger partial charge in [0.25, 0.3) is 5.91 Å². The number of hydrogen-bond donors (Lipinski definition) is 2. The van der Waals surface area contributed by atoms with Crippen LogP contribution in [-0.2, 0) is 14.3 Å². The van der Waals surface area contributed by atoms with Crippen LogP contribution in [0, 0.1) is 11.3 Å². The molecule has 2 rings (SSSR count). The SMILES string of the molecule is CCOC(=O)COc1c(Cl)cc(/C=C(\C#N)C(=O)Nc2ccc(O)cc2)cc1OC. The lowest BCUT2D eigenvalue weighted by atomic mass is 10.1. The fourth-order valence-corrected chi connectivity index (χ4v) is 2.63. The highest BCUT2D eigenvalue weighted by Gasteiger charge is 2.16. The van der Waals surface area contributed by atoms with Gasteiger partial charge in [-0.1, -0.05) is 11.6 Å². The average molecular weight is 431 g/mol. The van der Waals surface area contributed by atoms with Gasteiger partial charge >= 0.3 is 5.97 Å². The van der Waals surface area contributed by atoms with Crippen molar-refractivity contribution in [1.29, 1.82) is 5.26 Å². The van der Waals surface area contributed by atoms with Crippen molar-refractivity contribution >= 4 is 35.2 Å². The molecule has 30 heavy (non-hydrogen) atoms. The highest BCUT2D eigenvalue weighted by Crippen LogP contribution is 2.37. The van der Waals surface area contributed by atoms with Gasteiger partial charge in [-0.2, -0.15) is 5.26 Å². The number of phenolic OH excluding ortho intramolecular Hbond substituents is 1. The molecule has 2 aromatic carbocycles. The molecule has 0 saturated heterocycles. The number of ether oxygens (including phenoxy) is 3. The zero-order valence-corrected chi connectivity index (χ0v) is 17.0. The molecular weight excluding hydrogens is 412 g/mol. The van der Waals surface area contributed by atoms with Crippen LogP contribution in [0.4, 0.5) is 5.69 Å². The van der Waals surface area contributed by atoms with Crippen molar-refractivity contribution in [3.05, 3.63) is 52.6 Å². The maximum Gasteiger partial charge on any atom is 0.344 e. The standard InChI is InChI=1S/C21H19ClN2O6/c1-3-29-19(26)12-30-20-17(22)9-13(10-18(20)28-2)8-14(11-23)21(27)24-15-4-6-16(25)7-5-15/h4-10,25H,3,12H2,1-2H3,(H,24,27)/b14-8+. The molecule has 0 aliphatic carbocycles. The van der Waals surface area contributed by atoms with Crippen molar-refractivity contribution in [2.75, 3.05) is 25.6 Å². The van der Waals surface area contributed by atoms with Gasteiger partial charge in [0, 0.05) is 5.69 Å². The lowest BCUT2D eigenvalue weighted by molar-refractivity contribution is -0.145. The summed E-state index contributed by atoms with van der Waals surface area (Å²) in [6.45, 7) is 1.55. The van der Waals surface area contributed by atoms with Crippen LogP contribution in [0.15, 0.2) is 42.0 Å². The topological polar surface area (TPSA) is 118 Å². The van der Waals surface area contributed by atoms with Crippen molar-refractivity contribution < 1.29 is 28.9 Å². The number of amides is 1. The van der Waals surface area contributed by atoms with Crippen molar-refractivity contribution in [2.24, 2.45) is 0 Å². The number of nitrogens with zero attached hydrogens (tertiary/aromatic N) is 1. The zero-order chi connectivity index (χ0) is 22.1. The highest BCUT2D eigenvalue weighted by atomic mass is 35.5. The second kappa shape index (κ2) is 10.7. The number of rotatable bonds is 8. The van der Waals surface area contributed by atoms with E-state index >= 15 is 0 Å². The Balaban J connectivity index is 2.24. The molecule has 0 aromatic heterocycles. The number of methoxy groups -OCH3 is 1. The first-order valence-corrected chi connectivity index (χ1v) is 9.13. The Bertz CT molecular complexity index is 996. The fraction of sp³-hybridized carbons (Fsp3) is 0.190. The summed E-state index contributed by atoms with van der Waals surface area (Å²) in [5, 5.41) is 21.3. The minimum atomic E-state index is -0.638. The molecule has 0 saturated carbocycles. The lowest BCUT2D eigenvalue weighted by Gasteiger charge is -2.13. The van der Waals surface area contributed by atoms with E-state index in [4.69, 9.17) is 25.8 Å². The number of nitriles is 1. The third kappa shape index (κ3) is 6.15. The molecule has 0 aliphatic heterocycles. The predicted octanol–water partition coefficient (Wildman–Crippen LogP) is 3.54. The Hall–Kier alpha value is -3.70. The molecule has 0 aliphatic rings. The maximum atomic E-state index is 12.4. The van der Waals surface area contributed by atoms with Crippen LogP contribution in [0.5, 0.6) is 17.2 Å². The molecule has 0 heterocycles. The van der Waals surface area contributed by atoms with Crippen molar-refractivity contribution in [2.45, 2.75) is 6.92 Å². The maximum absolute atomic E-state index is 12.4. The predicted molar refractivity (Wildman–Crippen MR) is 110 cm³/mol. The number of nitrogens with one attached hydrogen (secondary N) is 1. The average Bonchev–Trinajstić information content (AvgIpc) is 2.72. The molecule has 0 bridgehead atoms. The van der Waals surface area contributed by atoms with Crippen molar-refractivity contribution in [3.63, 3.8) is 0 Å². The van der Waals surface area contributed by atoms with Crippen molar-refractivity contribution in [3.8, 4) is 23.3 Å². The number of hydrogen-bond acceptors (Lipinski definition) is 7. The van der Waals surface area contributed by atoms with Crippen LogP contribution in [0.1, 0.15) is 12.5 Å². The Morgan fingerprint density at radius 1 is 1.27 bits per heavy atom. The van der Waals surface area contributed by atoms with Crippen LogP contribution in [0.25, 0.3) is 6.08 Å². The van der Waals surface area contributed by atoms with E-state index in [1.165, 1.54) is 49.6 Å². The number of carbonyl (C=O) groups excluding carboxylic acids is 2. The van der Waals surface area contributed by atoms with E-state index in [0.717, 1.165) is 0 Å². The second-order valence-corrected chi connectivity index (χ2v) is 6.21. The van der Waals surface area contributed by atoms with Gasteiger partial charge < -0.3 is 24.6 Å². The first-order chi connectivity index (χ1) is 14.4. The summed E-state index contributed by atoms with van der Waals surface area (Å²) >= 11 is 6.23. The fourth-order valence-electron chi connectivity index (χ4n) is 2.36. The van der Waals surface area contributed by atoms with Crippen molar-refractivity contribution in [1.82, 2.24) is 0 Å². The molecule has 2 aromatic rings. The number of carbonyl (C=O) groups is 2. The summed E-state index contributed by atoms with van der Waals surface area (Å²) in [5.74, 6) is -0.792. The first-order valence-electron chi connectivity index (χ1n) is 8.76. The summed E-state index contributed by atoms with van der Waals surface area (Å²) in [7, 11) is 1.39. The minimum Gasteiger partial charge on any atom is -0.508 e. The van der Waals surface area contributed by atoms with Crippen LogP contribution < -0.4 is 14.8 Å². The molecule has 2 N–H and O–H groups in total. The monoisotopic (exact) mass is 430 g/mol. The quantitative estimate of drug-likeness (QED) is 0.284. The minimum absolute atomic E-state index is 0.0519. The Kier molecular flexibility index (Phi) is 8.08. The molecule has 0 unspecified atom stereocenters. The van der Waals surface area contributed by atoms with Gasteiger partial charge in [-0.05, 0) is 55.0 Å². The van der Waals surface area contributed by atoms with Gasteiger partial charge in [-0.3, -0.25) is 4.79 Å². The summed E-state index contributed by atoms with van der Waals surface area (Å²) < 4.78 is 15.4. The van der Waals surface area contributed by atoms with Gasteiger partial charge in [0.1, 0.15) is 17.4 Å². The van der Waals surface area contributed by atoms with Gasteiger partial charge in [0.05, 0.1) is 18.7 Å².